The van der Waals surface area contributed by atoms with Crippen molar-refractivity contribution in [2.45, 2.75) is 19.5 Å². The zero-order valence-corrected chi connectivity index (χ0v) is 11.7. The number of anilines is 2. The lowest BCUT2D eigenvalue weighted by atomic mass is 10.0. The summed E-state index contributed by atoms with van der Waals surface area (Å²) < 4.78 is 0. The Morgan fingerprint density at radius 1 is 1.19 bits per heavy atom. The molecular formula is C15H18N4O2. The highest BCUT2D eigenvalue weighted by atomic mass is 16.6. The van der Waals surface area contributed by atoms with Crippen LogP contribution in [-0.4, -0.2) is 4.92 Å². The molecule has 5 N–H and O–H groups in total. The van der Waals surface area contributed by atoms with Gasteiger partial charge in [0.15, 0.2) is 0 Å². The monoisotopic (exact) mass is 286 g/mol. The molecule has 1 atom stereocenters. The van der Waals surface area contributed by atoms with Gasteiger partial charge >= 0.3 is 0 Å². The summed E-state index contributed by atoms with van der Waals surface area (Å²) in [7, 11) is 0. The number of rotatable bonds is 5. The van der Waals surface area contributed by atoms with Crippen LogP contribution in [0.5, 0.6) is 0 Å². The molecule has 6 nitrogen and oxygen atoms in total. The maximum absolute atomic E-state index is 10.6. The van der Waals surface area contributed by atoms with E-state index in [2.05, 4.69) is 5.32 Å². The molecule has 2 aromatic carbocycles. The maximum atomic E-state index is 10.6. The number of nitrogens with zero attached hydrogens (tertiary/aromatic N) is 1. The molecule has 0 amide bonds. The van der Waals surface area contributed by atoms with E-state index in [9.17, 15) is 10.1 Å². The number of nitro groups is 1. The molecule has 0 aliphatic carbocycles. The highest BCUT2D eigenvalue weighted by Gasteiger charge is 2.10. The van der Waals surface area contributed by atoms with Crippen molar-refractivity contribution in [2.24, 2.45) is 0 Å². The third-order valence-corrected chi connectivity index (χ3v) is 3.34. The number of nitrogens with one attached hydrogen (secondary N) is 1. The number of benzene rings is 2. The Morgan fingerprint density at radius 3 is 2.48 bits per heavy atom. The summed E-state index contributed by atoms with van der Waals surface area (Å²) in [6, 6.07) is 11.9. The van der Waals surface area contributed by atoms with Crippen LogP contribution in [0.1, 0.15) is 24.1 Å². The lowest BCUT2D eigenvalue weighted by Gasteiger charge is -2.17. The topological polar surface area (TPSA) is 107 Å². The molecule has 0 aliphatic rings. The summed E-state index contributed by atoms with van der Waals surface area (Å²) in [6.45, 7) is 2.59. The predicted octanol–water partition coefficient (Wildman–Crippen LogP) is 2.61. The summed E-state index contributed by atoms with van der Waals surface area (Å²) in [5, 5.41) is 13.9. The van der Waals surface area contributed by atoms with E-state index >= 15 is 0 Å². The standard InChI is InChI=1S/C15H18N4O2/c1-10(14-8-12(16)4-7-15(14)17)18-9-11-2-5-13(6-3-11)19(20)21/h2-8,10,18H,9,16-17H2,1H3. The number of hydrogen-bond donors (Lipinski definition) is 3. The largest absolute Gasteiger partial charge is 0.399 e. The van der Waals surface area contributed by atoms with Crippen molar-refractivity contribution >= 4 is 17.1 Å². The maximum Gasteiger partial charge on any atom is 0.269 e. The zero-order valence-electron chi connectivity index (χ0n) is 11.7. The van der Waals surface area contributed by atoms with Gasteiger partial charge in [-0.25, -0.2) is 0 Å². The zero-order chi connectivity index (χ0) is 15.4. The van der Waals surface area contributed by atoms with Crippen molar-refractivity contribution in [1.29, 1.82) is 0 Å². The van der Waals surface area contributed by atoms with Crippen LogP contribution >= 0.6 is 0 Å². The minimum absolute atomic E-state index is 0.0312. The fourth-order valence-corrected chi connectivity index (χ4v) is 2.08. The number of non-ortho nitro benzene ring substituents is 1. The molecule has 0 saturated carbocycles. The second-order valence-electron chi connectivity index (χ2n) is 4.91. The van der Waals surface area contributed by atoms with Gasteiger partial charge in [0.1, 0.15) is 0 Å². The quantitative estimate of drug-likeness (QED) is 0.445. The van der Waals surface area contributed by atoms with Crippen molar-refractivity contribution in [1.82, 2.24) is 5.32 Å². The number of nitro benzene ring substituents is 1. The van der Waals surface area contributed by atoms with Crippen LogP contribution in [0.4, 0.5) is 17.1 Å². The van der Waals surface area contributed by atoms with Gasteiger partial charge in [-0.2, -0.15) is 0 Å². The van der Waals surface area contributed by atoms with E-state index in [0.717, 1.165) is 11.1 Å². The average Bonchev–Trinajstić information content (AvgIpc) is 2.47. The summed E-state index contributed by atoms with van der Waals surface area (Å²) in [5.74, 6) is 0. The van der Waals surface area contributed by atoms with Crippen LogP contribution in [0.15, 0.2) is 42.5 Å². The Bertz CT molecular complexity index is 641. The second kappa shape index (κ2) is 6.23. The van der Waals surface area contributed by atoms with Gasteiger partial charge in [0.05, 0.1) is 4.92 Å². The molecule has 0 spiro atoms. The first kappa shape index (κ1) is 14.8. The summed E-state index contributed by atoms with van der Waals surface area (Å²) in [5.41, 5.74) is 15.1. The molecule has 0 fully saturated rings. The SMILES string of the molecule is CC(NCc1ccc([N+](=O)[O-])cc1)c1cc(N)ccc1N. The van der Waals surface area contributed by atoms with Crippen LogP contribution < -0.4 is 16.8 Å². The van der Waals surface area contributed by atoms with Gasteiger partial charge in [-0.3, -0.25) is 10.1 Å². The van der Waals surface area contributed by atoms with E-state index in [1.165, 1.54) is 12.1 Å². The van der Waals surface area contributed by atoms with Crippen molar-refractivity contribution in [2.75, 3.05) is 11.5 Å². The molecule has 21 heavy (non-hydrogen) atoms. The molecule has 0 saturated heterocycles. The molecule has 0 bridgehead atoms. The van der Waals surface area contributed by atoms with E-state index in [1.807, 2.05) is 13.0 Å². The summed E-state index contributed by atoms with van der Waals surface area (Å²) >= 11 is 0. The van der Waals surface area contributed by atoms with Crippen molar-refractivity contribution in [3.8, 4) is 0 Å². The molecule has 0 heterocycles. The number of nitrogen functional groups attached to an aromatic ring is 2. The Hall–Kier alpha value is -2.60. The molecule has 2 aromatic rings. The van der Waals surface area contributed by atoms with E-state index in [-0.39, 0.29) is 11.7 Å². The minimum Gasteiger partial charge on any atom is -0.399 e. The molecule has 0 radical (unpaired) electrons. The normalized spacial score (nSPS) is 12.0. The van der Waals surface area contributed by atoms with Gasteiger partial charge in [0.25, 0.3) is 5.69 Å². The lowest BCUT2D eigenvalue weighted by Crippen LogP contribution is -2.19. The first-order valence-corrected chi connectivity index (χ1v) is 6.59. The molecule has 0 aromatic heterocycles. The van der Waals surface area contributed by atoms with Crippen LogP contribution in [0.2, 0.25) is 0 Å². The number of hydrogen-bond acceptors (Lipinski definition) is 5. The van der Waals surface area contributed by atoms with Crippen molar-refractivity contribution in [3.05, 3.63) is 63.7 Å². The minimum atomic E-state index is -0.409. The van der Waals surface area contributed by atoms with Gasteiger partial charge in [-0.05, 0) is 36.2 Å². The summed E-state index contributed by atoms with van der Waals surface area (Å²) in [6.07, 6.45) is 0. The van der Waals surface area contributed by atoms with Crippen molar-refractivity contribution in [3.63, 3.8) is 0 Å². The Kier molecular flexibility index (Phi) is 4.39. The van der Waals surface area contributed by atoms with E-state index in [1.54, 1.807) is 24.3 Å². The molecule has 110 valence electrons. The second-order valence-corrected chi connectivity index (χ2v) is 4.91. The average molecular weight is 286 g/mol. The van der Waals surface area contributed by atoms with Gasteiger partial charge < -0.3 is 16.8 Å². The molecule has 6 heteroatoms. The highest BCUT2D eigenvalue weighted by Crippen LogP contribution is 2.23. The predicted molar refractivity (Wildman–Crippen MR) is 83.6 cm³/mol. The van der Waals surface area contributed by atoms with Gasteiger partial charge in [0.2, 0.25) is 0 Å². The number of nitrogens with two attached hydrogens (primary N) is 2. The Morgan fingerprint density at radius 2 is 1.86 bits per heavy atom. The highest BCUT2D eigenvalue weighted by molar-refractivity contribution is 5.56. The van der Waals surface area contributed by atoms with Crippen LogP contribution in [-0.2, 0) is 6.54 Å². The van der Waals surface area contributed by atoms with Gasteiger partial charge in [-0.1, -0.05) is 12.1 Å². The first-order valence-electron chi connectivity index (χ1n) is 6.59. The van der Waals surface area contributed by atoms with Crippen LogP contribution in [0.25, 0.3) is 0 Å². The van der Waals surface area contributed by atoms with Gasteiger partial charge in [-0.15, -0.1) is 0 Å². The van der Waals surface area contributed by atoms with E-state index < -0.39 is 4.92 Å². The van der Waals surface area contributed by atoms with Crippen LogP contribution in [0.3, 0.4) is 0 Å². The smallest absolute Gasteiger partial charge is 0.269 e. The molecular weight excluding hydrogens is 268 g/mol. The third-order valence-electron chi connectivity index (χ3n) is 3.34. The van der Waals surface area contributed by atoms with E-state index in [4.69, 9.17) is 11.5 Å². The van der Waals surface area contributed by atoms with E-state index in [0.29, 0.717) is 17.9 Å². The van der Waals surface area contributed by atoms with Crippen molar-refractivity contribution < 1.29 is 4.92 Å². The van der Waals surface area contributed by atoms with Crippen LogP contribution in [0, 0.1) is 10.1 Å². The molecule has 2 rings (SSSR count). The summed E-state index contributed by atoms with van der Waals surface area (Å²) in [4.78, 5) is 10.2. The fourth-order valence-electron chi connectivity index (χ4n) is 2.08. The Balaban J connectivity index is 2.02. The lowest BCUT2D eigenvalue weighted by molar-refractivity contribution is -0.384. The molecule has 1 unspecified atom stereocenters. The fraction of sp³-hybridized carbons (Fsp3) is 0.200. The third kappa shape index (κ3) is 3.70. The van der Waals surface area contributed by atoms with Gasteiger partial charge in [0, 0.05) is 36.1 Å². The first-order chi connectivity index (χ1) is 9.97. The Labute approximate surface area is 122 Å². The molecule has 0 aliphatic heterocycles.